The fourth-order valence-corrected chi connectivity index (χ4v) is 6.86. The summed E-state index contributed by atoms with van der Waals surface area (Å²) in [4.78, 5) is 37.9. The van der Waals surface area contributed by atoms with E-state index in [0.717, 1.165) is 103 Å². The van der Waals surface area contributed by atoms with Crippen LogP contribution < -0.4 is 0 Å². The zero-order valence-electron chi connectivity index (χ0n) is 41.5. The Morgan fingerprint density at radius 1 is 0.344 bits per heavy atom. The Labute approximate surface area is 394 Å². The largest absolute Gasteiger partial charge is 0.462 e. The maximum atomic E-state index is 12.8. The summed E-state index contributed by atoms with van der Waals surface area (Å²) in [5.74, 6) is -1.01. The molecular formula is C58H96O6. The first-order chi connectivity index (χ1) is 31.5. The van der Waals surface area contributed by atoms with E-state index in [1.165, 1.54) is 83.5 Å². The van der Waals surface area contributed by atoms with Gasteiger partial charge in [-0.2, -0.15) is 0 Å². The van der Waals surface area contributed by atoms with Gasteiger partial charge in [-0.15, -0.1) is 0 Å². The molecule has 0 N–H and O–H groups in total. The number of carbonyl (C=O) groups is 3. The molecule has 0 fully saturated rings. The highest BCUT2D eigenvalue weighted by Crippen LogP contribution is 2.13. The molecule has 0 rings (SSSR count). The third kappa shape index (κ3) is 49.3. The number of ether oxygens (including phenoxy) is 3. The van der Waals surface area contributed by atoms with Crippen LogP contribution in [0.2, 0.25) is 0 Å². The minimum atomic E-state index is -0.821. The van der Waals surface area contributed by atoms with Gasteiger partial charge in [0.05, 0.1) is 0 Å². The standard InChI is InChI=1S/C58H96O6/c1-4-7-10-13-16-19-22-24-26-28-30-31-33-36-39-42-45-48-51-57(60)63-54-55(53-62-56(59)50-47-44-41-38-35-21-18-15-12-9-6-3)64-58(61)52-49-46-43-40-37-34-32-29-27-25-23-20-17-14-11-8-5-2/h8,11,15,17-18,20-21,25,27,30-32,34-35,40,43,55H,4-7,9-10,12-14,16,19,22-24,26,28-29,33,36-39,41-42,44-54H2,1-3H3/b11-8-,18-15-,20-17-,27-25-,31-30-,34-32-,35-21-,43-40-. The number of hydrogen-bond donors (Lipinski definition) is 0. The fraction of sp³-hybridized carbons (Fsp3) is 0.672. The van der Waals surface area contributed by atoms with Crippen LogP contribution in [-0.2, 0) is 28.6 Å². The van der Waals surface area contributed by atoms with Crippen molar-refractivity contribution in [3.63, 3.8) is 0 Å². The van der Waals surface area contributed by atoms with E-state index in [4.69, 9.17) is 14.2 Å². The quantitative estimate of drug-likeness (QED) is 0.0199. The first-order valence-corrected chi connectivity index (χ1v) is 26.3. The molecule has 0 aromatic rings. The van der Waals surface area contributed by atoms with Crippen molar-refractivity contribution in [3.05, 3.63) is 97.2 Å². The zero-order chi connectivity index (χ0) is 46.5. The minimum Gasteiger partial charge on any atom is -0.462 e. The lowest BCUT2D eigenvalue weighted by atomic mass is 10.1. The molecule has 0 heterocycles. The van der Waals surface area contributed by atoms with Crippen molar-refractivity contribution in [3.8, 4) is 0 Å². The van der Waals surface area contributed by atoms with Crippen LogP contribution in [0.1, 0.15) is 233 Å². The zero-order valence-corrected chi connectivity index (χ0v) is 41.5. The molecule has 0 aromatic heterocycles. The molecule has 64 heavy (non-hydrogen) atoms. The van der Waals surface area contributed by atoms with Crippen LogP contribution >= 0.6 is 0 Å². The average Bonchev–Trinajstić information content (AvgIpc) is 3.29. The second-order valence-electron chi connectivity index (χ2n) is 17.1. The second-order valence-corrected chi connectivity index (χ2v) is 17.1. The van der Waals surface area contributed by atoms with Crippen LogP contribution in [0.5, 0.6) is 0 Å². The van der Waals surface area contributed by atoms with Gasteiger partial charge in [0, 0.05) is 19.3 Å². The van der Waals surface area contributed by atoms with Gasteiger partial charge in [0.25, 0.3) is 0 Å². The third-order valence-corrected chi connectivity index (χ3v) is 10.8. The number of unbranched alkanes of at least 4 members (excludes halogenated alkanes) is 20. The number of hydrogen-bond acceptors (Lipinski definition) is 6. The average molecular weight is 889 g/mol. The number of allylic oxidation sites excluding steroid dienone is 16. The van der Waals surface area contributed by atoms with Gasteiger partial charge in [0.2, 0.25) is 0 Å². The molecule has 1 unspecified atom stereocenters. The van der Waals surface area contributed by atoms with Gasteiger partial charge in [-0.3, -0.25) is 14.4 Å². The number of esters is 3. The molecule has 0 aliphatic rings. The van der Waals surface area contributed by atoms with Crippen LogP contribution in [0, 0.1) is 0 Å². The maximum Gasteiger partial charge on any atom is 0.306 e. The highest BCUT2D eigenvalue weighted by atomic mass is 16.6. The smallest absolute Gasteiger partial charge is 0.306 e. The lowest BCUT2D eigenvalue weighted by molar-refractivity contribution is -0.167. The van der Waals surface area contributed by atoms with E-state index in [9.17, 15) is 14.4 Å². The van der Waals surface area contributed by atoms with E-state index >= 15 is 0 Å². The van der Waals surface area contributed by atoms with Gasteiger partial charge in [0.1, 0.15) is 13.2 Å². The van der Waals surface area contributed by atoms with Crippen LogP contribution in [0.25, 0.3) is 0 Å². The Hall–Kier alpha value is -3.67. The highest BCUT2D eigenvalue weighted by Gasteiger charge is 2.19. The summed E-state index contributed by atoms with van der Waals surface area (Å²) in [6, 6.07) is 0. The van der Waals surface area contributed by atoms with Crippen molar-refractivity contribution >= 4 is 17.9 Å². The monoisotopic (exact) mass is 889 g/mol. The van der Waals surface area contributed by atoms with Crippen LogP contribution in [0.3, 0.4) is 0 Å². The molecule has 364 valence electrons. The molecule has 0 aliphatic carbocycles. The minimum absolute atomic E-state index is 0.114. The van der Waals surface area contributed by atoms with Crippen molar-refractivity contribution in [1.82, 2.24) is 0 Å². The van der Waals surface area contributed by atoms with Gasteiger partial charge in [-0.25, -0.2) is 0 Å². The predicted molar refractivity (Wildman–Crippen MR) is 274 cm³/mol. The second kappa shape index (κ2) is 52.0. The Morgan fingerprint density at radius 2 is 0.688 bits per heavy atom. The maximum absolute atomic E-state index is 12.8. The molecular weight excluding hydrogens is 793 g/mol. The van der Waals surface area contributed by atoms with Crippen molar-refractivity contribution in [1.29, 1.82) is 0 Å². The van der Waals surface area contributed by atoms with E-state index in [1.54, 1.807) is 0 Å². The Balaban J connectivity index is 4.49. The normalized spacial score (nSPS) is 12.9. The molecule has 6 nitrogen and oxygen atoms in total. The molecule has 6 heteroatoms. The van der Waals surface area contributed by atoms with E-state index < -0.39 is 6.10 Å². The summed E-state index contributed by atoms with van der Waals surface area (Å²) in [5.41, 5.74) is 0. The predicted octanol–water partition coefficient (Wildman–Crippen LogP) is 17.4. The summed E-state index contributed by atoms with van der Waals surface area (Å²) in [7, 11) is 0. The molecule has 0 saturated heterocycles. The van der Waals surface area contributed by atoms with Crippen LogP contribution in [0.4, 0.5) is 0 Å². The Morgan fingerprint density at radius 3 is 1.17 bits per heavy atom. The van der Waals surface area contributed by atoms with E-state index in [0.29, 0.717) is 19.3 Å². The van der Waals surface area contributed by atoms with Gasteiger partial charge < -0.3 is 14.2 Å². The molecule has 1 atom stereocenters. The van der Waals surface area contributed by atoms with Gasteiger partial charge in [-0.05, 0) is 103 Å². The first-order valence-electron chi connectivity index (χ1n) is 26.3. The molecule has 0 spiro atoms. The van der Waals surface area contributed by atoms with Gasteiger partial charge in [0.15, 0.2) is 6.10 Å². The first kappa shape index (κ1) is 60.3. The summed E-state index contributed by atoms with van der Waals surface area (Å²) in [6.07, 6.45) is 68.3. The van der Waals surface area contributed by atoms with E-state index in [-0.39, 0.29) is 37.5 Å². The number of carbonyl (C=O) groups excluding carboxylic acids is 3. The lowest BCUT2D eigenvalue weighted by Crippen LogP contribution is -2.30. The molecule has 0 aromatic carbocycles. The van der Waals surface area contributed by atoms with Gasteiger partial charge in [-0.1, -0.05) is 208 Å². The Kier molecular flexibility index (Phi) is 49.0. The van der Waals surface area contributed by atoms with Crippen LogP contribution in [-0.4, -0.2) is 37.2 Å². The van der Waals surface area contributed by atoms with Crippen molar-refractivity contribution in [2.75, 3.05) is 13.2 Å². The lowest BCUT2D eigenvalue weighted by Gasteiger charge is -2.18. The summed E-state index contributed by atoms with van der Waals surface area (Å²) in [6.45, 7) is 6.39. The molecule has 0 amide bonds. The van der Waals surface area contributed by atoms with Crippen molar-refractivity contribution in [2.45, 2.75) is 239 Å². The molecule has 0 saturated carbocycles. The van der Waals surface area contributed by atoms with E-state index in [2.05, 4.69) is 118 Å². The fourth-order valence-electron chi connectivity index (χ4n) is 6.86. The number of rotatable bonds is 46. The summed E-state index contributed by atoms with van der Waals surface area (Å²) in [5, 5.41) is 0. The van der Waals surface area contributed by atoms with Crippen molar-refractivity contribution < 1.29 is 28.6 Å². The SMILES string of the molecule is CC/C=C\C/C=C\C/C=C\C/C=C\C/C=C\CCCC(=O)OC(COC(=O)CCCCC/C=C\C=C/CCCC)COC(=O)CCCCCCC/C=C\CCCCCCCCCCC. The van der Waals surface area contributed by atoms with E-state index in [1.807, 2.05) is 0 Å². The topological polar surface area (TPSA) is 78.9 Å². The Bertz CT molecular complexity index is 1300. The molecule has 0 radical (unpaired) electrons. The molecule has 0 bridgehead atoms. The molecule has 0 aliphatic heterocycles. The highest BCUT2D eigenvalue weighted by molar-refractivity contribution is 5.71. The van der Waals surface area contributed by atoms with Crippen LogP contribution in [0.15, 0.2) is 97.2 Å². The van der Waals surface area contributed by atoms with Gasteiger partial charge >= 0.3 is 17.9 Å². The summed E-state index contributed by atoms with van der Waals surface area (Å²) < 4.78 is 16.7. The summed E-state index contributed by atoms with van der Waals surface area (Å²) >= 11 is 0. The van der Waals surface area contributed by atoms with Crippen molar-refractivity contribution in [2.24, 2.45) is 0 Å². The third-order valence-electron chi connectivity index (χ3n) is 10.8.